The number of hydrogen-bond acceptors (Lipinski definition) is 5. The Balaban J connectivity index is 2.37. The van der Waals surface area contributed by atoms with Crippen LogP contribution in [0.1, 0.15) is 24.4 Å². The topological polar surface area (TPSA) is 77.8 Å². The highest BCUT2D eigenvalue weighted by Crippen LogP contribution is 2.16. The Hall–Kier alpha value is -1.75. The van der Waals surface area contributed by atoms with Crippen LogP contribution in [0.5, 0.6) is 0 Å². The van der Waals surface area contributed by atoms with E-state index in [1.54, 1.807) is 13.1 Å². The first kappa shape index (κ1) is 9.79. The first-order valence-electron chi connectivity index (χ1n) is 4.69. The summed E-state index contributed by atoms with van der Waals surface area (Å²) in [6.07, 6.45) is 1.71. The lowest BCUT2D eigenvalue weighted by atomic mass is 10.2. The molecule has 0 aliphatic heterocycles. The van der Waals surface area contributed by atoms with Crippen LogP contribution in [0.25, 0.3) is 11.5 Å². The van der Waals surface area contributed by atoms with Crippen molar-refractivity contribution in [2.45, 2.75) is 19.9 Å². The van der Waals surface area contributed by atoms with E-state index in [0.717, 1.165) is 5.56 Å². The van der Waals surface area contributed by atoms with Gasteiger partial charge in [-0.2, -0.15) is 4.98 Å². The number of nitrogens with zero attached hydrogens (tertiary/aromatic N) is 3. The Bertz CT molecular complexity index is 464. The van der Waals surface area contributed by atoms with Gasteiger partial charge in [0, 0.05) is 6.20 Å². The number of nitrogens with two attached hydrogens (primary N) is 1. The van der Waals surface area contributed by atoms with Gasteiger partial charge in [0.15, 0.2) is 0 Å². The monoisotopic (exact) mass is 204 g/mol. The van der Waals surface area contributed by atoms with Crippen molar-refractivity contribution < 1.29 is 4.52 Å². The molecule has 2 aromatic heterocycles. The van der Waals surface area contributed by atoms with Gasteiger partial charge in [-0.1, -0.05) is 5.16 Å². The van der Waals surface area contributed by atoms with E-state index < -0.39 is 0 Å². The quantitative estimate of drug-likeness (QED) is 0.801. The van der Waals surface area contributed by atoms with E-state index in [0.29, 0.717) is 17.4 Å². The molecule has 5 heteroatoms. The zero-order valence-electron chi connectivity index (χ0n) is 8.64. The SMILES string of the molecule is Cc1ccnc(-c2noc(C(C)N)n2)c1. The van der Waals surface area contributed by atoms with Crippen LogP contribution in [0.4, 0.5) is 0 Å². The fourth-order valence-corrected chi connectivity index (χ4v) is 1.18. The van der Waals surface area contributed by atoms with Gasteiger partial charge in [0.2, 0.25) is 11.7 Å². The summed E-state index contributed by atoms with van der Waals surface area (Å²) in [5.41, 5.74) is 7.42. The average Bonchev–Trinajstić information content (AvgIpc) is 2.66. The van der Waals surface area contributed by atoms with Crippen molar-refractivity contribution in [3.63, 3.8) is 0 Å². The molecule has 15 heavy (non-hydrogen) atoms. The van der Waals surface area contributed by atoms with Crippen molar-refractivity contribution in [1.29, 1.82) is 0 Å². The molecule has 0 saturated heterocycles. The van der Waals surface area contributed by atoms with Crippen molar-refractivity contribution >= 4 is 0 Å². The van der Waals surface area contributed by atoms with E-state index in [-0.39, 0.29) is 6.04 Å². The van der Waals surface area contributed by atoms with E-state index in [1.165, 1.54) is 0 Å². The summed E-state index contributed by atoms with van der Waals surface area (Å²) in [6.45, 7) is 3.78. The maximum absolute atomic E-state index is 5.62. The Morgan fingerprint density at radius 2 is 2.27 bits per heavy atom. The second-order valence-corrected chi connectivity index (χ2v) is 3.46. The smallest absolute Gasteiger partial charge is 0.243 e. The largest absolute Gasteiger partial charge is 0.337 e. The van der Waals surface area contributed by atoms with Crippen LogP contribution in [-0.4, -0.2) is 15.1 Å². The van der Waals surface area contributed by atoms with Gasteiger partial charge in [0.25, 0.3) is 0 Å². The lowest BCUT2D eigenvalue weighted by molar-refractivity contribution is 0.362. The van der Waals surface area contributed by atoms with E-state index in [9.17, 15) is 0 Å². The first-order chi connectivity index (χ1) is 7.16. The normalized spacial score (nSPS) is 12.7. The molecule has 0 bridgehead atoms. The summed E-state index contributed by atoms with van der Waals surface area (Å²) in [5, 5.41) is 3.82. The molecule has 1 unspecified atom stereocenters. The molecule has 0 aliphatic carbocycles. The molecule has 2 N–H and O–H groups in total. The molecule has 78 valence electrons. The van der Waals surface area contributed by atoms with Crippen molar-refractivity contribution in [3.05, 3.63) is 29.8 Å². The minimum atomic E-state index is -0.254. The van der Waals surface area contributed by atoms with Crippen molar-refractivity contribution in [3.8, 4) is 11.5 Å². The zero-order valence-corrected chi connectivity index (χ0v) is 8.64. The molecule has 1 atom stereocenters. The van der Waals surface area contributed by atoms with Gasteiger partial charge >= 0.3 is 0 Å². The van der Waals surface area contributed by atoms with Crippen LogP contribution >= 0.6 is 0 Å². The fraction of sp³-hybridized carbons (Fsp3) is 0.300. The standard InChI is InChI=1S/C10H12N4O/c1-6-3-4-12-8(5-6)9-13-10(7(2)11)15-14-9/h3-5,7H,11H2,1-2H3. The zero-order chi connectivity index (χ0) is 10.8. The lowest BCUT2D eigenvalue weighted by Gasteiger charge is -1.95. The maximum Gasteiger partial charge on any atom is 0.243 e. The Labute approximate surface area is 87.3 Å². The summed E-state index contributed by atoms with van der Waals surface area (Å²) < 4.78 is 4.99. The molecule has 2 aromatic rings. The minimum absolute atomic E-state index is 0.254. The summed E-state index contributed by atoms with van der Waals surface area (Å²) in [6, 6.07) is 3.56. The fourth-order valence-electron chi connectivity index (χ4n) is 1.18. The van der Waals surface area contributed by atoms with Gasteiger partial charge in [-0.25, -0.2) is 0 Å². The molecule has 0 saturated carbocycles. The highest BCUT2D eigenvalue weighted by Gasteiger charge is 2.12. The summed E-state index contributed by atoms with van der Waals surface area (Å²) in [4.78, 5) is 8.31. The predicted octanol–water partition coefficient (Wildman–Crippen LogP) is 1.46. The van der Waals surface area contributed by atoms with Crippen molar-refractivity contribution in [2.24, 2.45) is 5.73 Å². The highest BCUT2D eigenvalue weighted by molar-refractivity contribution is 5.48. The van der Waals surface area contributed by atoms with E-state index in [2.05, 4.69) is 15.1 Å². The van der Waals surface area contributed by atoms with Gasteiger partial charge in [0.1, 0.15) is 5.69 Å². The first-order valence-corrected chi connectivity index (χ1v) is 4.69. The molecule has 2 rings (SSSR count). The predicted molar refractivity (Wildman–Crippen MR) is 54.9 cm³/mol. The average molecular weight is 204 g/mol. The molecule has 0 aromatic carbocycles. The molecule has 0 fully saturated rings. The lowest BCUT2D eigenvalue weighted by Crippen LogP contribution is -2.04. The second-order valence-electron chi connectivity index (χ2n) is 3.46. The molecule has 0 spiro atoms. The summed E-state index contributed by atoms with van der Waals surface area (Å²) in [5.74, 6) is 0.902. The third-order valence-electron chi connectivity index (χ3n) is 1.98. The molecular formula is C10H12N4O. The van der Waals surface area contributed by atoms with Gasteiger partial charge in [-0.05, 0) is 31.5 Å². The Kier molecular flexibility index (Phi) is 2.47. The van der Waals surface area contributed by atoms with Gasteiger partial charge in [0.05, 0.1) is 6.04 Å². The number of hydrogen-bond donors (Lipinski definition) is 1. The number of aryl methyl sites for hydroxylation is 1. The molecule has 5 nitrogen and oxygen atoms in total. The Morgan fingerprint density at radius 1 is 1.47 bits per heavy atom. The third kappa shape index (κ3) is 2.02. The van der Waals surface area contributed by atoms with Gasteiger partial charge < -0.3 is 10.3 Å². The minimum Gasteiger partial charge on any atom is -0.337 e. The molecule has 2 heterocycles. The van der Waals surface area contributed by atoms with Crippen LogP contribution in [-0.2, 0) is 0 Å². The van der Waals surface area contributed by atoms with E-state index >= 15 is 0 Å². The van der Waals surface area contributed by atoms with Crippen LogP contribution < -0.4 is 5.73 Å². The maximum atomic E-state index is 5.62. The van der Waals surface area contributed by atoms with Gasteiger partial charge in [-0.3, -0.25) is 4.98 Å². The third-order valence-corrected chi connectivity index (χ3v) is 1.98. The second kappa shape index (κ2) is 3.78. The molecule has 0 amide bonds. The summed E-state index contributed by atoms with van der Waals surface area (Å²) in [7, 11) is 0. The summed E-state index contributed by atoms with van der Waals surface area (Å²) >= 11 is 0. The van der Waals surface area contributed by atoms with Crippen LogP contribution in [0, 0.1) is 6.92 Å². The number of pyridine rings is 1. The van der Waals surface area contributed by atoms with Crippen LogP contribution in [0.3, 0.4) is 0 Å². The highest BCUT2D eigenvalue weighted by atomic mass is 16.5. The van der Waals surface area contributed by atoms with E-state index in [4.69, 9.17) is 10.3 Å². The van der Waals surface area contributed by atoms with E-state index in [1.807, 2.05) is 19.1 Å². The Morgan fingerprint density at radius 3 is 2.87 bits per heavy atom. The van der Waals surface area contributed by atoms with Crippen LogP contribution in [0.2, 0.25) is 0 Å². The molecular weight excluding hydrogens is 192 g/mol. The van der Waals surface area contributed by atoms with Gasteiger partial charge in [-0.15, -0.1) is 0 Å². The molecule has 0 aliphatic rings. The van der Waals surface area contributed by atoms with Crippen molar-refractivity contribution in [2.75, 3.05) is 0 Å². The van der Waals surface area contributed by atoms with Crippen molar-refractivity contribution in [1.82, 2.24) is 15.1 Å². The number of aromatic nitrogens is 3. The molecule has 0 radical (unpaired) electrons. The number of rotatable bonds is 2. The van der Waals surface area contributed by atoms with Crippen LogP contribution in [0.15, 0.2) is 22.9 Å².